The third-order valence-corrected chi connectivity index (χ3v) is 4.71. The molecule has 0 saturated carbocycles. The van der Waals surface area contributed by atoms with Gasteiger partial charge in [-0.1, -0.05) is 5.16 Å². The molecule has 7 heteroatoms. The van der Waals surface area contributed by atoms with Gasteiger partial charge in [-0.2, -0.15) is 0 Å². The summed E-state index contributed by atoms with van der Waals surface area (Å²) in [5.74, 6) is 0.612. The van der Waals surface area contributed by atoms with E-state index in [2.05, 4.69) is 10.5 Å². The average molecular weight is 364 g/mol. The molecule has 7 nitrogen and oxygen atoms in total. The third-order valence-electron chi connectivity index (χ3n) is 4.71. The highest BCUT2D eigenvalue weighted by atomic mass is 16.5. The van der Waals surface area contributed by atoms with E-state index < -0.39 is 6.04 Å². The first kappa shape index (κ1) is 17.1. The monoisotopic (exact) mass is 364 g/mol. The van der Waals surface area contributed by atoms with Crippen molar-refractivity contribution in [3.63, 3.8) is 0 Å². The molecule has 2 aromatic heterocycles. The first-order valence-electron chi connectivity index (χ1n) is 8.90. The number of rotatable bonds is 4. The SMILES string of the molecule is Cc1cc(NC(=O)[C@@H]2CCCN2C(=O)c2ccc(-n3cccc3)cc2)no1. The van der Waals surface area contributed by atoms with Crippen LogP contribution in [-0.4, -0.2) is 39.0 Å². The molecule has 1 aliphatic rings. The number of likely N-dealkylation sites (tertiary alicyclic amines) is 1. The summed E-state index contributed by atoms with van der Waals surface area (Å²) in [6.45, 7) is 2.32. The molecular formula is C20H20N4O3. The van der Waals surface area contributed by atoms with Crippen LogP contribution in [0.5, 0.6) is 0 Å². The van der Waals surface area contributed by atoms with E-state index in [1.54, 1.807) is 30.0 Å². The lowest BCUT2D eigenvalue weighted by Gasteiger charge is -2.23. The van der Waals surface area contributed by atoms with Crippen molar-refractivity contribution in [1.82, 2.24) is 14.6 Å². The van der Waals surface area contributed by atoms with Crippen LogP contribution in [0, 0.1) is 6.92 Å². The van der Waals surface area contributed by atoms with Gasteiger partial charge in [-0.15, -0.1) is 0 Å². The van der Waals surface area contributed by atoms with Crippen LogP contribution in [0.2, 0.25) is 0 Å². The standard InChI is InChI=1S/C20H20N4O3/c1-14-13-18(22-27-14)21-19(25)17-5-4-12-24(17)20(26)15-6-8-16(9-7-15)23-10-2-3-11-23/h2-3,6-11,13,17H,4-5,12H2,1H3,(H,21,22,25)/t17-/m0/s1. The van der Waals surface area contributed by atoms with Gasteiger partial charge in [-0.25, -0.2) is 0 Å². The van der Waals surface area contributed by atoms with Gasteiger partial charge in [0, 0.05) is 36.3 Å². The second-order valence-corrected chi connectivity index (χ2v) is 6.61. The van der Waals surface area contributed by atoms with E-state index in [0.29, 0.717) is 30.1 Å². The molecule has 0 radical (unpaired) electrons. The molecule has 27 heavy (non-hydrogen) atoms. The Morgan fingerprint density at radius 1 is 1.19 bits per heavy atom. The number of carbonyl (C=O) groups is 2. The van der Waals surface area contributed by atoms with E-state index in [1.165, 1.54) is 0 Å². The minimum Gasteiger partial charge on any atom is -0.360 e. The molecular weight excluding hydrogens is 344 g/mol. The predicted octanol–water partition coefficient (Wildman–Crippen LogP) is 3.02. The highest BCUT2D eigenvalue weighted by Gasteiger charge is 2.34. The number of nitrogens with zero attached hydrogens (tertiary/aromatic N) is 3. The van der Waals surface area contributed by atoms with Crippen LogP contribution in [0.4, 0.5) is 5.82 Å². The van der Waals surface area contributed by atoms with E-state index in [0.717, 1.165) is 12.1 Å². The Labute approximate surface area is 156 Å². The molecule has 0 spiro atoms. The van der Waals surface area contributed by atoms with Crippen LogP contribution >= 0.6 is 0 Å². The summed E-state index contributed by atoms with van der Waals surface area (Å²) < 4.78 is 6.94. The van der Waals surface area contributed by atoms with E-state index in [4.69, 9.17) is 4.52 Å². The van der Waals surface area contributed by atoms with Gasteiger partial charge in [0.25, 0.3) is 5.91 Å². The molecule has 138 valence electrons. The van der Waals surface area contributed by atoms with E-state index in [1.807, 2.05) is 41.2 Å². The number of anilines is 1. The Morgan fingerprint density at radius 2 is 1.93 bits per heavy atom. The largest absolute Gasteiger partial charge is 0.360 e. The van der Waals surface area contributed by atoms with Gasteiger partial charge >= 0.3 is 0 Å². The van der Waals surface area contributed by atoms with Gasteiger partial charge in [0.1, 0.15) is 11.8 Å². The van der Waals surface area contributed by atoms with Crippen molar-refractivity contribution in [2.45, 2.75) is 25.8 Å². The predicted molar refractivity (Wildman–Crippen MR) is 99.7 cm³/mol. The van der Waals surface area contributed by atoms with Crippen LogP contribution < -0.4 is 5.32 Å². The average Bonchev–Trinajstić information content (AvgIpc) is 3.43. The van der Waals surface area contributed by atoms with Crippen LogP contribution in [-0.2, 0) is 4.79 Å². The van der Waals surface area contributed by atoms with Crippen molar-refractivity contribution >= 4 is 17.6 Å². The topological polar surface area (TPSA) is 80.4 Å². The maximum absolute atomic E-state index is 12.9. The first-order chi connectivity index (χ1) is 13.1. The smallest absolute Gasteiger partial charge is 0.254 e. The molecule has 3 aromatic rings. The molecule has 1 fully saturated rings. The van der Waals surface area contributed by atoms with Gasteiger partial charge in [-0.3, -0.25) is 9.59 Å². The molecule has 3 heterocycles. The fraction of sp³-hybridized carbons (Fsp3) is 0.250. The van der Waals surface area contributed by atoms with Gasteiger partial charge in [-0.05, 0) is 56.2 Å². The summed E-state index contributed by atoms with van der Waals surface area (Å²) in [5, 5.41) is 6.50. The first-order valence-corrected chi connectivity index (χ1v) is 8.90. The zero-order chi connectivity index (χ0) is 18.8. The molecule has 1 atom stereocenters. The van der Waals surface area contributed by atoms with Crippen molar-refractivity contribution in [1.29, 1.82) is 0 Å². The minimum atomic E-state index is -0.501. The maximum atomic E-state index is 12.9. The summed E-state index contributed by atoms with van der Waals surface area (Å²) >= 11 is 0. The molecule has 0 aliphatic carbocycles. The lowest BCUT2D eigenvalue weighted by atomic mass is 10.1. The molecule has 4 rings (SSSR count). The Morgan fingerprint density at radius 3 is 2.59 bits per heavy atom. The van der Waals surface area contributed by atoms with Crippen molar-refractivity contribution in [3.05, 3.63) is 66.2 Å². The second-order valence-electron chi connectivity index (χ2n) is 6.61. The van der Waals surface area contributed by atoms with Crippen LogP contribution in [0.15, 0.2) is 59.4 Å². The fourth-order valence-corrected chi connectivity index (χ4v) is 3.37. The second kappa shape index (κ2) is 7.11. The summed E-state index contributed by atoms with van der Waals surface area (Å²) in [4.78, 5) is 27.1. The lowest BCUT2D eigenvalue weighted by molar-refractivity contribution is -0.119. The Kier molecular flexibility index (Phi) is 4.50. The molecule has 1 N–H and O–H groups in total. The zero-order valence-electron chi connectivity index (χ0n) is 15.0. The number of hydrogen-bond acceptors (Lipinski definition) is 4. The Balaban J connectivity index is 1.47. The summed E-state index contributed by atoms with van der Waals surface area (Å²) in [6, 6.07) is 12.4. The van der Waals surface area contributed by atoms with E-state index >= 15 is 0 Å². The molecule has 0 bridgehead atoms. The third kappa shape index (κ3) is 3.48. The fourth-order valence-electron chi connectivity index (χ4n) is 3.37. The van der Waals surface area contributed by atoms with Crippen LogP contribution in [0.3, 0.4) is 0 Å². The summed E-state index contributed by atoms with van der Waals surface area (Å²) in [7, 11) is 0. The van der Waals surface area contributed by atoms with Gasteiger partial charge < -0.3 is 19.3 Å². The number of carbonyl (C=O) groups excluding carboxylic acids is 2. The highest BCUT2D eigenvalue weighted by molar-refractivity contribution is 6.01. The quantitative estimate of drug-likeness (QED) is 0.772. The van der Waals surface area contributed by atoms with Gasteiger partial charge in [0.15, 0.2) is 5.82 Å². The number of aromatic nitrogens is 2. The molecule has 1 aliphatic heterocycles. The number of benzene rings is 1. The Hall–Kier alpha value is -3.35. The van der Waals surface area contributed by atoms with Crippen molar-refractivity contribution < 1.29 is 14.1 Å². The van der Waals surface area contributed by atoms with Crippen LogP contribution in [0.25, 0.3) is 5.69 Å². The number of amides is 2. The summed E-state index contributed by atoms with van der Waals surface area (Å²) in [6.07, 6.45) is 5.32. The zero-order valence-corrected chi connectivity index (χ0v) is 15.0. The van der Waals surface area contributed by atoms with E-state index in [9.17, 15) is 9.59 Å². The normalized spacial score (nSPS) is 16.5. The van der Waals surface area contributed by atoms with Gasteiger partial charge in [0.2, 0.25) is 5.91 Å². The van der Waals surface area contributed by atoms with Crippen molar-refractivity contribution in [2.75, 3.05) is 11.9 Å². The van der Waals surface area contributed by atoms with Crippen molar-refractivity contribution in [2.24, 2.45) is 0 Å². The Bertz CT molecular complexity index is 944. The minimum absolute atomic E-state index is 0.136. The van der Waals surface area contributed by atoms with Crippen molar-refractivity contribution in [3.8, 4) is 5.69 Å². The molecule has 0 unspecified atom stereocenters. The summed E-state index contributed by atoms with van der Waals surface area (Å²) in [5.41, 5.74) is 1.55. The van der Waals surface area contributed by atoms with E-state index in [-0.39, 0.29) is 11.8 Å². The highest BCUT2D eigenvalue weighted by Crippen LogP contribution is 2.22. The number of hydrogen-bond donors (Lipinski definition) is 1. The lowest BCUT2D eigenvalue weighted by Crippen LogP contribution is -2.43. The number of nitrogens with one attached hydrogen (secondary N) is 1. The molecule has 1 saturated heterocycles. The number of aryl methyl sites for hydroxylation is 1. The van der Waals surface area contributed by atoms with Gasteiger partial charge in [0.05, 0.1) is 0 Å². The molecule has 2 amide bonds. The maximum Gasteiger partial charge on any atom is 0.254 e. The molecule has 1 aromatic carbocycles. The van der Waals surface area contributed by atoms with Crippen LogP contribution in [0.1, 0.15) is 29.0 Å².